The summed E-state index contributed by atoms with van der Waals surface area (Å²) in [6, 6.07) is 3.18. The highest BCUT2D eigenvalue weighted by atomic mass is 35.5. The Balaban J connectivity index is 2.77. The Kier molecular flexibility index (Phi) is 1.99. The molecule has 1 aromatic heterocycles. The van der Waals surface area contributed by atoms with Crippen LogP contribution in [0.3, 0.4) is 0 Å². The van der Waals surface area contributed by atoms with Crippen LogP contribution >= 0.6 is 11.6 Å². The molecule has 0 aliphatic rings. The maximum Gasteiger partial charge on any atom is 0.489 e. The van der Waals surface area contributed by atoms with Gasteiger partial charge in [0, 0.05) is 10.4 Å². The monoisotopic (exact) mass is 196 g/mol. The van der Waals surface area contributed by atoms with Crippen LogP contribution in [0.5, 0.6) is 0 Å². The Morgan fingerprint density at radius 2 is 2.15 bits per heavy atom. The molecule has 6 heteroatoms. The molecule has 0 spiro atoms. The molecular formula is C7H6BClN2O2. The first-order valence-corrected chi connectivity index (χ1v) is 4.05. The van der Waals surface area contributed by atoms with Gasteiger partial charge in [0.05, 0.1) is 11.7 Å². The summed E-state index contributed by atoms with van der Waals surface area (Å²) in [5, 5.41) is 25.6. The summed E-state index contributed by atoms with van der Waals surface area (Å²) in [6.45, 7) is 0. The van der Waals surface area contributed by atoms with E-state index in [0.29, 0.717) is 21.4 Å². The molecule has 0 fully saturated rings. The zero-order chi connectivity index (χ0) is 9.42. The van der Waals surface area contributed by atoms with Gasteiger partial charge in [-0.25, -0.2) is 0 Å². The van der Waals surface area contributed by atoms with Crippen molar-refractivity contribution >= 4 is 35.1 Å². The van der Waals surface area contributed by atoms with Gasteiger partial charge < -0.3 is 10.0 Å². The fourth-order valence-electron chi connectivity index (χ4n) is 1.26. The number of hydrogen-bond donors (Lipinski definition) is 3. The van der Waals surface area contributed by atoms with Crippen molar-refractivity contribution in [1.82, 2.24) is 10.2 Å². The van der Waals surface area contributed by atoms with Gasteiger partial charge in [0.2, 0.25) is 0 Å². The molecule has 13 heavy (non-hydrogen) atoms. The van der Waals surface area contributed by atoms with Crippen molar-refractivity contribution in [2.45, 2.75) is 0 Å². The van der Waals surface area contributed by atoms with E-state index in [4.69, 9.17) is 21.6 Å². The number of benzene rings is 1. The standard InChI is InChI=1S/C7H6BClN2O2/c9-4-1-6(8(12)13)5-3-10-11-7(5)2-4/h1-3,12-13H,(H,10,11). The van der Waals surface area contributed by atoms with Gasteiger partial charge >= 0.3 is 7.12 Å². The third kappa shape index (κ3) is 1.41. The van der Waals surface area contributed by atoms with Gasteiger partial charge in [-0.3, -0.25) is 5.10 Å². The van der Waals surface area contributed by atoms with E-state index in [9.17, 15) is 0 Å². The lowest BCUT2D eigenvalue weighted by molar-refractivity contribution is 0.426. The zero-order valence-corrected chi connectivity index (χ0v) is 7.28. The predicted molar refractivity (Wildman–Crippen MR) is 50.9 cm³/mol. The SMILES string of the molecule is OB(O)c1cc(Cl)cc2[nH]ncc12. The van der Waals surface area contributed by atoms with Crippen molar-refractivity contribution in [3.8, 4) is 0 Å². The van der Waals surface area contributed by atoms with Crippen molar-refractivity contribution in [2.24, 2.45) is 0 Å². The van der Waals surface area contributed by atoms with Crippen molar-refractivity contribution < 1.29 is 10.0 Å². The summed E-state index contributed by atoms with van der Waals surface area (Å²) in [6.07, 6.45) is 1.53. The topological polar surface area (TPSA) is 69.1 Å². The quantitative estimate of drug-likeness (QED) is 0.558. The highest BCUT2D eigenvalue weighted by Gasteiger charge is 2.16. The van der Waals surface area contributed by atoms with E-state index in [1.54, 1.807) is 6.07 Å². The predicted octanol–water partition coefficient (Wildman–Crippen LogP) is -0.104. The zero-order valence-electron chi connectivity index (χ0n) is 6.53. The van der Waals surface area contributed by atoms with E-state index in [-0.39, 0.29) is 0 Å². The molecule has 1 aromatic carbocycles. The summed E-state index contributed by atoms with van der Waals surface area (Å²) in [5.41, 5.74) is 1.05. The minimum atomic E-state index is -1.53. The van der Waals surface area contributed by atoms with E-state index in [1.165, 1.54) is 12.3 Å². The van der Waals surface area contributed by atoms with Gasteiger partial charge in [0.15, 0.2) is 0 Å². The van der Waals surface area contributed by atoms with Gasteiger partial charge in [-0.1, -0.05) is 11.6 Å². The summed E-state index contributed by atoms with van der Waals surface area (Å²) in [5.74, 6) is 0. The lowest BCUT2D eigenvalue weighted by atomic mass is 9.78. The number of fused-ring (bicyclic) bond motifs is 1. The molecule has 0 aliphatic heterocycles. The molecule has 0 saturated heterocycles. The molecule has 3 N–H and O–H groups in total. The maximum atomic E-state index is 9.02. The second-order valence-electron chi connectivity index (χ2n) is 2.70. The van der Waals surface area contributed by atoms with E-state index < -0.39 is 7.12 Å². The molecule has 0 saturated carbocycles. The average Bonchev–Trinajstić information content (AvgIpc) is 2.49. The van der Waals surface area contributed by atoms with Crippen molar-refractivity contribution in [1.29, 1.82) is 0 Å². The van der Waals surface area contributed by atoms with Gasteiger partial charge in [0.1, 0.15) is 0 Å². The molecule has 0 amide bonds. The minimum Gasteiger partial charge on any atom is -0.423 e. The molecule has 0 radical (unpaired) electrons. The van der Waals surface area contributed by atoms with Crippen molar-refractivity contribution in [3.05, 3.63) is 23.4 Å². The van der Waals surface area contributed by atoms with Crippen LogP contribution in [-0.4, -0.2) is 27.4 Å². The first kappa shape index (κ1) is 8.56. The van der Waals surface area contributed by atoms with Gasteiger partial charge in [0.25, 0.3) is 0 Å². The summed E-state index contributed by atoms with van der Waals surface area (Å²) < 4.78 is 0. The summed E-state index contributed by atoms with van der Waals surface area (Å²) >= 11 is 5.75. The first-order chi connectivity index (χ1) is 6.18. The number of H-pyrrole nitrogens is 1. The Hall–Kier alpha value is -1.04. The van der Waals surface area contributed by atoms with Crippen LogP contribution in [0, 0.1) is 0 Å². The average molecular weight is 196 g/mol. The van der Waals surface area contributed by atoms with E-state index in [1.807, 2.05) is 0 Å². The highest BCUT2D eigenvalue weighted by Crippen LogP contribution is 2.14. The fraction of sp³-hybridized carbons (Fsp3) is 0. The lowest BCUT2D eigenvalue weighted by Crippen LogP contribution is -2.30. The smallest absolute Gasteiger partial charge is 0.423 e. The van der Waals surface area contributed by atoms with Crippen molar-refractivity contribution in [3.63, 3.8) is 0 Å². The molecule has 2 aromatic rings. The van der Waals surface area contributed by atoms with E-state index >= 15 is 0 Å². The van der Waals surface area contributed by atoms with Gasteiger partial charge in [-0.05, 0) is 17.6 Å². The number of hydrogen-bond acceptors (Lipinski definition) is 3. The van der Waals surface area contributed by atoms with Crippen molar-refractivity contribution in [2.75, 3.05) is 0 Å². The third-order valence-electron chi connectivity index (χ3n) is 1.83. The maximum absolute atomic E-state index is 9.02. The van der Waals surface area contributed by atoms with Crippen LogP contribution in [-0.2, 0) is 0 Å². The van der Waals surface area contributed by atoms with E-state index in [2.05, 4.69) is 10.2 Å². The third-order valence-corrected chi connectivity index (χ3v) is 2.05. The van der Waals surface area contributed by atoms with Crippen LogP contribution in [0.25, 0.3) is 10.9 Å². The number of aromatic nitrogens is 2. The fourth-order valence-corrected chi connectivity index (χ4v) is 1.48. The molecule has 0 aliphatic carbocycles. The minimum absolute atomic E-state index is 0.358. The van der Waals surface area contributed by atoms with Gasteiger partial charge in [-0.2, -0.15) is 5.10 Å². The Morgan fingerprint density at radius 1 is 1.38 bits per heavy atom. The molecule has 2 rings (SSSR count). The Morgan fingerprint density at radius 3 is 2.85 bits per heavy atom. The second kappa shape index (κ2) is 3.03. The molecule has 0 unspecified atom stereocenters. The molecule has 1 heterocycles. The molecular weight excluding hydrogens is 190 g/mol. The molecule has 66 valence electrons. The number of aromatic amines is 1. The number of rotatable bonds is 1. The first-order valence-electron chi connectivity index (χ1n) is 3.67. The van der Waals surface area contributed by atoms with Crippen LogP contribution < -0.4 is 5.46 Å². The second-order valence-corrected chi connectivity index (χ2v) is 3.14. The summed E-state index contributed by atoms with van der Waals surface area (Å²) in [7, 11) is -1.53. The Bertz CT molecular complexity index is 443. The van der Waals surface area contributed by atoms with E-state index in [0.717, 1.165) is 0 Å². The number of halogens is 1. The highest BCUT2D eigenvalue weighted by molar-refractivity contribution is 6.62. The summed E-state index contributed by atoms with van der Waals surface area (Å²) in [4.78, 5) is 0. The Labute approximate surface area is 79.3 Å². The number of nitrogens with one attached hydrogen (secondary N) is 1. The largest absolute Gasteiger partial charge is 0.489 e. The number of nitrogens with zero attached hydrogens (tertiary/aromatic N) is 1. The molecule has 0 bridgehead atoms. The van der Waals surface area contributed by atoms with Gasteiger partial charge in [-0.15, -0.1) is 0 Å². The lowest BCUT2D eigenvalue weighted by Gasteiger charge is -2.01. The normalized spacial score (nSPS) is 10.7. The van der Waals surface area contributed by atoms with Crippen LogP contribution in [0.4, 0.5) is 0 Å². The molecule has 4 nitrogen and oxygen atoms in total. The molecule has 0 atom stereocenters. The van der Waals surface area contributed by atoms with Crippen LogP contribution in [0.1, 0.15) is 0 Å². The van der Waals surface area contributed by atoms with Crippen LogP contribution in [0.15, 0.2) is 18.3 Å². The van der Waals surface area contributed by atoms with Crippen LogP contribution in [0.2, 0.25) is 5.02 Å².